The molecule has 0 spiro atoms. The average Bonchev–Trinajstić information content (AvgIpc) is 3.21. The van der Waals surface area contributed by atoms with Crippen molar-refractivity contribution in [1.82, 2.24) is 5.32 Å². The Labute approximate surface area is 130 Å². The Kier molecular flexibility index (Phi) is 3.26. The van der Waals surface area contributed by atoms with Crippen LogP contribution in [0.25, 0.3) is 0 Å². The molecule has 5 nitrogen and oxygen atoms in total. The SMILES string of the molecule is CC(NC(=O)C1C2CCC(C2)C1N)c1ccc2c(c1)OCO2. The first-order valence-electron chi connectivity index (χ1n) is 8.09. The van der Waals surface area contributed by atoms with E-state index >= 15 is 0 Å². The van der Waals surface area contributed by atoms with Crippen LogP contribution in [-0.4, -0.2) is 18.7 Å². The van der Waals surface area contributed by atoms with E-state index in [1.54, 1.807) is 0 Å². The Morgan fingerprint density at radius 1 is 1.27 bits per heavy atom. The fourth-order valence-electron chi connectivity index (χ4n) is 4.30. The number of hydrogen-bond acceptors (Lipinski definition) is 4. The highest BCUT2D eigenvalue weighted by atomic mass is 16.7. The molecule has 0 aromatic heterocycles. The quantitative estimate of drug-likeness (QED) is 0.895. The second-order valence-electron chi connectivity index (χ2n) is 6.78. The molecule has 2 saturated carbocycles. The average molecular weight is 302 g/mol. The molecule has 22 heavy (non-hydrogen) atoms. The molecule has 1 aliphatic heterocycles. The molecule has 2 bridgehead atoms. The highest BCUT2D eigenvalue weighted by molar-refractivity contribution is 5.81. The van der Waals surface area contributed by atoms with E-state index in [2.05, 4.69) is 5.32 Å². The minimum atomic E-state index is -0.0617. The normalized spacial score (nSPS) is 33.0. The van der Waals surface area contributed by atoms with E-state index in [4.69, 9.17) is 15.2 Å². The maximum absolute atomic E-state index is 12.6. The lowest BCUT2D eigenvalue weighted by atomic mass is 9.84. The molecule has 0 saturated heterocycles. The van der Waals surface area contributed by atoms with Gasteiger partial charge in [0.1, 0.15) is 0 Å². The van der Waals surface area contributed by atoms with Gasteiger partial charge in [-0.3, -0.25) is 4.79 Å². The monoisotopic (exact) mass is 302 g/mol. The highest BCUT2D eigenvalue weighted by Crippen LogP contribution is 2.47. The number of benzene rings is 1. The van der Waals surface area contributed by atoms with Gasteiger partial charge in [-0.05, 0) is 55.7 Å². The van der Waals surface area contributed by atoms with Crippen molar-refractivity contribution in [2.45, 2.75) is 38.3 Å². The number of carbonyl (C=O) groups is 1. The molecule has 2 aliphatic carbocycles. The summed E-state index contributed by atoms with van der Waals surface area (Å²) in [5.74, 6) is 2.61. The summed E-state index contributed by atoms with van der Waals surface area (Å²) in [5.41, 5.74) is 7.28. The molecule has 1 aromatic carbocycles. The number of ether oxygens (including phenoxy) is 2. The Hall–Kier alpha value is -1.75. The Balaban J connectivity index is 1.45. The molecule has 1 aromatic rings. The van der Waals surface area contributed by atoms with Crippen molar-refractivity contribution in [3.05, 3.63) is 23.8 Å². The van der Waals surface area contributed by atoms with Gasteiger partial charge in [0.2, 0.25) is 12.7 Å². The predicted octanol–water partition coefficient (Wildman–Crippen LogP) is 1.97. The van der Waals surface area contributed by atoms with Crippen molar-refractivity contribution < 1.29 is 14.3 Å². The van der Waals surface area contributed by atoms with Gasteiger partial charge >= 0.3 is 0 Å². The highest BCUT2D eigenvalue weighted by Gasteiger charge is 2.49. The van der Waals surface area contributed by atoms with Crippen molar-refractivity contribution in [3.63, 3.8) is 0 Å². The van der Waals surface area contributed by atoms with Gasteiger partial charge in [0.15, 0.2) is 11.5 Å². The molecule has 2 fully saturated rings. The predicted molar refractivity (Wildman–Crippen MR) is 81.4 cm³/mol. The molecule has 0 radical (unpaired) electrons. The number of carbonyl (C=O) groups excluding carboxylic acids is 1. The topological polar surface area (TPSA) is 73.6 Å². The molecule has 3 aliphatic rings. The first-order valence-corrected chi connectivity index (χ1v) is 8.09. The van der Waals surface area contributed by atoms with Gasteiger partial charge in [0, 0.05) is 6.04 Å². The van der Waals surface area contributed by atoms with Crippen LogP contribution < -0.4 is 20.5 Å². The van der Waals surface area contributed by atoms with Crippen molar-refractivity contribution in [3.8, 4) is 11.5 Å². The first-order chi connectivity index (χ1) is 10.6. The van der Waals surface area contributed by atoms with Crippen LogP contribution in [0.2, 0.25) is 0 Å². The molecule has 1 heterocycles. The number of amides is 1. The van der Waals surface area contributed by atoms with Gasteiger partial charge in [-0.25, -0.2) is 0 Å². The maximum atomic E-state index is 12.6. The Morgan fingerprint density at radius 3 is 2.82 bits per heavy atom. The van der Waals surface area contributed by atoms with E-state index in [1.807, 2.05) is 25.1 Å². The zero-order chi connectivity index (χ0) is 15.3. The lowest BCUT2D eigenvalue weighted by Gasteiger charge is -2.28. The smallest absolute Gasteiger partial charge is 0.231 e. The summed E-state index contributed by atoms with van der Waals surface area (Å²) in [6.07, 6.45) is 3.46. The van der Waals surface area contributed by atoms with Crippen LogP contribution in [0.1, 0.15) is 37.8 Å². The summed E-state index contributed by atoms with van der Waals surface area (Å²) >= 11 is 0. The third kappa shape index (κ3) is 2.15. The van der Waals surface area contributed by atoms with E-state index in [0.717, 1.165) is 29.9 Å². The van der Waals surface area contributed by atoms with Crippen molar-refractivity contribution >= 4 is 5.91 Å². The minimum Gasteiger partial charge on any atom is -0.454 e. The summed E-state index contributed by atoms with van der Waals surface area (Å²) < 4.78 is 10.7. The van der Waals surface area contributed by atoms with E-state index in [1.165, 1.54) is 6.42 Å². The zero-order valence-electron chi connectivity index (χ0n) is 12.7. The third-order valence-electron chi connectivity index (χ3n) is 5.54. The van der Waals surface area contributed by atoms with E-state index in [-0.39, 0.29) is 30.7 Å². The molecule has 5 atom stereocenters. The van der Waals surface area contributed by atoms with Crippen LogP contribution in [0.3, 0.4) is 0 Å². The molecular formula is C17H22N2O3. The number of rotatable bonds is 3. The number of nitrogens with two attached hydrogens (primary N) is 1. The van der Waals surface area contributed by atoms with Gasteiger partial charge in [-0.2, -0.15) is 0 Å². The van der Waals surface area contributed by atoms with Gasteiger partial charge in [0.25, 0.3) is 0 Å². The molecule has 5 heteroatoms. The minimum absolute atomic E-state index is 0.0183. The Morgan fingerprint density at radius 2 is 2.05 bits per heavy atom. The summed E-state index contributed by atoms with van der Waals surface area (Å²) in [6, 6.07) is 5.77. The molecule has 3 N–H and O–H groups in total. The second-order valence-corrected chi connectivity index (χ2v) is 6.78. The second kappa shape index (κ2) is 5.16. The molecule has 1 amide bonds. The number of nitrogens with one attached hydrogen (secondary N) is 1. The number of hydrogen-bond donors (Lipinski definition) is 2. The standard InChI is InChI=1S/C17H22N2O3/c1-9(10-4-5-13-14(7-10)22-8-21-13)19-17(20)15-11-2-3-12(6-11)16(15)18/h4-5,7,9,11-12,15-16H,2-3,6,8,18H2,1H3,(H,19,20). The Bertz CT molecular complexity index is 602. The van der Waals surface area contributed by atoms with Gasteiger partial charge in [0.05, 0.1) is 12.0 Å². The summed E-state index contributed by atoms with van der Waals surface area (Å²) in [7, 11) is 0. The molecule has 118 valence electrons. The van der Waals surface area contributed by atoms with Crippen LogP contribution in [0.15, 0.2) is 18.2 Å². The van der Waals surface area contributed by atoms with Crippen LogP contribution >= 0.6 is 0 Å². The fourth-order valence-corrected chi connectivity index (χ4v) is 4.30. The van der Waals surface area contributed by atoms with Crippen LogP contribution in [0.4, 0.5) is 0 Å². The molecule has 5 unspecified atom stereocenters. The van der Waals surface area contributed by atoms with E-state index in [0.29, 0.717) is 11.8 Å². The lowest BCUT2D eigenvalue weighted by molar-refractivity contribution is -0.127. The largest absolute Gasteiger partial charge is 0.454 e. The van der Waals surface area contributed by atoms with E-state index < -0.39 is 0 Å². The molecular weight excluding hydrogens is 280 g/mol. The fraction of sp³-hybridized carbons (Fsp3) is 0.588. The molecule has 4 rings (SSSR count). The van der Waals surface area contributed by atoms with Crippen LogP contribution in [-0.2, 0) is 4.79 Å². The van der Waals surface area contributed by atoms with Crippen LogP contribution in [0, 0.1) is 17.8 Å². The van der Waals surface area contributed by atoms with Crippen molar-refractivity contribution in [2.24, 2.45) is 23.5 Å². The number of fused-ring (bicyclic) bond motifs is 3. The van der Waals surface area contributed by atoms with Crippen molar-refractivity contribution in [2.75, 3.05) is 6.79 Å². The van der Waals surface area contributed by atoms with Gasteiger partial charge < -0.3 is 20.5 Å². The summed E-state index contributed by atoms with van der Waals surface area (Å²) in [5, 5.41) is 3.13. The van der Waals surface area contributed by atoms with Crippen molar-refractivity contribution in [1.29, 1.82) is 0 Å². The third-order valence-corrected chi connectivity index (χ3v) is 5.54. The van der Waals surface area contributed by atoms with Gasteiger partial charge in [-0.1, -0.05) is 6.07 Å². The maximum Gasteiger partial charge on any atom is 0.231 e. The van der Waals surface area contributed by atoms with Gasteiger partial charge in [-0.15, -0.1) is 0 Å². The van der Waals surface area contributed by atoms with Crippen LogP contribution in [0.5, 0.6) is 11.5 Å². The first kappa shape index (κ1) is 13.9. The summed E-state index contributed by atoms with van der Waals surface area (Å²) in [4.78, 5) is 12.6. The zero-order valence-corrected chi connectivity index (χ0v) is 12.7. The lowest BCUT2D eigenvalue weighted by Crippen LogP contribution is -2.45. The summed E-state index contributed by atoms with van der Waals surface area (Å²) in [6.45, 7) is 2.26. The van der Waals surface area contributed by atoms with E-state index in [9.17, 15) is 4.79 Å².